The van der Waals surface area contributed by atoms with Crippen LogP contribution in [0, 0.1) is 42.4 Å². The molecule has 2 fully saturated rings. The molecule has 19 heteroatoms. The first-order valence-electron chi connectivity index (χ1n) is 30.1. The zero-order valence-corrected chi connectivity index (χ0v) is 52.1. The molecule has 18 nitrogen and oxygen atoms in total. The minimum absolute atomic E-state index is 0.0138. The molecule has 0 unspecified atom stereocenters. The Bertz CT molecular complexity index is 3630. The highest BCUT2D eigenvalue weighted by atomic mass is 35.5. The number of aliphatic hydroxyl groups is 3. The number of likely N-dealkylation sites (tertiary alicyclic amines) is 1. The van der Waals surface area contributed by atoms with Crippen LogP contribution in [0.1, 0.15) is 144 Å². The smallest absolute Gasteiger partial charge is 0.312 e. The fourth-order valence-corrected chi connectivity index (χ4v) is 13.6. The van der Waals surface area contributed by atoms with E-state index >= 15 is 0 Å². The molecule has 0 aromatic heterocycles. The highest BCUT2D eigenvalue weighted by Gasteiger charge is 2.51. The van der Waals surface area contributed by atoms with Gasteiger partial charge in [0.1, 0.15) is 39.7 Å². The first-order chi connectivity index (χ1) is 41.2. The summed E-state index contributed by atoms with van der Waals surface area (Å²) in [5, 5.41) is 61.9. The van der Waals surface area contributed by atoms with Gasteiger partial charge in [-0.3, -0.25) is 29.0 Å². The molecule has 87 heavy (non-hydrogen) atoms. The first kappa shape index (κ1) is 64.3. The van der Waals surface area contributed by atoms with Crippen LogP contribution in [0.3, 0.4) is 0 Å². The van der Waals surface area contributed by atoms with E-state index in [4.69, 9.17) is 35.5 Å². The Morgan fingerprint density at radius 2 is 1.47 bits per heavy atom. The van der Waals surface area contributed by atoms with Crippen molar-refractivity contribution in [2.75, 3.05) is 32.1 Å². The van der Waals surface area contributed by atoms with E-state index in [1.807, 2.05) is 12.1 Å². The van der Waals surface area contributed by atoms with Crippen molar-refractivity contribution in [3.63, 3.8) is 0 Å². The lowest BCUT2D eigenvalue weighted by molar-refractivity contribution is -0.160. The van der Waals surface area contributed by atoms with Crippen molar-refractivity contribution in [1.29, 1.82) is 0 Å². The number of allylic oxidation sites excluding steroid dienone is 3. The van der Waals surface area contributed by atoms with Gasteiger partial charge in [-0.1, -0.05) is 108 Å². The summed E-state index contributed by atoms with van der Waals surface area (Å²) in [7, 11) is 1.47. The number of carbonyl (C=O) groups excluding carboxylic acids is 5. The van der Waals surface area contributed by atoms with Crippen LogP contribution in [0.4, 0.5) is 5.69 Å². The summed E-state index contributed by atoms with van der Waals surface area (Å²) in [4.78, 5) is 77.9. The minimum atomic E-state index is -1.95. The number of nitrogens with zero attached hydrogens (tertiary/aromatic N) is 3. The van der Waals surface area contributed by atoms with Gasteiger partial charge in [-0.05, 0) is 81.1 Å². The number of nitrogens with one attached hydrogen (secondary N) is 1. The number of Topliss-reactive ketones (excluding diaryl/α,β-unsaturated/α-hetero) is 3. The third-order valence-electron chi connectivity index (χ3n) is 18.5. The molecule has 9 atom stereocenters. The number of carbonyl (C=O) groups is 5. The van der Waals surface area contributed by atoms with Crippen molar-refractivity contribution in [2.45, 2.75) is 150 Å². The zero-order chi connectivity index (χ0) is 63.1. The average molecular weight is 1210 g/mol. The molecule has 2 aliphatic carbocycles. The summed E-state index contributed by atoms with van der Waals surface area (Å²) < 4.78 is 24.0. The van der Waals surface area contributed by atoms with Gasteiger partial charge in [0, 0.05) is 115 Å². The van der Waals surface area contributed by atoms with Crippen molar-refractivity contribution >= 4 is 63.0 Å². The van der Waals surface area contributed by atoms with Crippen LogP contribution in [0.25, 0.3) is 16.5 Å². The largest absolute Gasteiger partial charge is 0.507 e. The van der Waals surface area contributed by atoms with Crippen LogP contribution in [0.5, 0.6) is 17.2 Å². The van der Waals surface area contributed by atoms with Crippen molar-refractivity contribution in [3.05, 3.63) is 134 Å². The molecule has 4 aliphatic heterocycles. The number of hydrogen-bond donors (Lipinski definition) is 6. The van der Waals surface area contributed by atoms with Crippen LogP contribution >= 0.6 is 11.6 Å². The maximum absolute atomic E-state index is 14.7. The molecule has 1 spiro atoms. The maximum Gasteiger partial charge on any atom is 0.312 e. The van der Waals surface area contributed by atoms with Gasteiger partial charge in [-0.2, -0.15) is 0 Å². The predicted octanol–water partition coefficient (Wildman–Crippen LogP) is 10.1. The van der Waals surface area contributed by atoms with Gasteiger partial charge in [0.25, 0.3) is 11.7 Å². The topological polar surface area (TPSA) is 263 Å². The summed E-state index contributed by atoms with van der Waals surface area (Å²) in [6.45, 7) is 19.6. The number of benzene rings is 4. The Labute approximate surface area is 512 Å². The van der Waals surface area contributed by atoms with E-state index in [0.29, 0.717) is 47.1 Å². The van der Waals surface area contributed by atoms with Crippen LogP contribution in [0.15, 0.2) is 100 Å². The second-order valence-electron chi connectivity index (χ2n) is 25.0. The third kappa shape index (κ3) is 12.6. The molecular weight excluding hydrogens is 1130 g/mol. The number of methoxy groups -OCH3 is 1. The Hall–Kier alpha value is -7.22. The second kappa shape index (κ2) is 25.9. The highest BCUT2D eigenvalue weighted by molar-refractivity contribution is 6.52. The number of aromatic hydroxyl groups is 2. The standard InChI is InChI=1S/C46H62N4O11.C22H19ClO3/c1-22(2)21-50-18-16-46(17-19-50)48-34-31-32-39(54)28(8)42-33(31)43(56)45(10,61-42)59-20-15-30(58-11)25(5)41(60-29(9)51)27(7)38(53)26(6)37(52)23(3)13-12-14-24(4)44(57)47-36(40(32)55)35(34)49-46;23-16-11-9-14(10-12-16)13-5-7-15(8-6-13)19-20(24)17-3-1-2-4-18(17)21(25)22(19)26/h12-15,20,22-23,25-27,30,37-38,41,48,52-55H,16-19,21H2,1-11H3;1-4,9-13,15,24H,5-8H2/b13-12+,20-15+,24-14-,47-36?;/t23-,25+,26+,27+,30-,37-,38+,41+,45-;/m0./s1. The summed E-state index contributed by atoms with van der Waals surface area (Å²) in [6, 6.07) is 14.7. The number of aliphatic hydroxyl groups excluding tert-OH is 3. The van der Waals surface area contributed by atoms with Gasteiger partial charge in [-0.25, -0.2) is 4.99 Å². The number of rotatable bonds is 6. The van der Waals surface area contributed by atoms with Gasteiger partial charge in [0.15, 0.2) is 5.75 Å². The van der Waals surface area contributed by atoms with Crippen molar-refractivity contribution < 1.29 is 68.5 Å². The minimum Gasteiger partial charge on any atom is -0.507 e. The molecule has 1 amide bonds. The molecular formula is C68H81ClN4O14. The zero-order valence-electron chi connectivity index (χ0n) is 51.4. The second-order valence-corrected chi connectivity index (χ2v) is 25.5. The van der Waals surface area contributed by atoms with Gasteiger partial charge in [0.2, 0.25) is 11.6 Å². The number of ketones is 3. The molecule has 0 radical (unpaired) electrons. The molecule has 464 valence electrons. The number of anilines is 1. The summed E-state index contributed by atoms with van der Waals surface area (Å²) in [5.41, 5.74) is 2.23. The van der Waals surface area contributed by atoms with Crippen molar-refractivity contribution in [2.24, 2.45) is 45.5 Å². The lowest BCUT2D eigenvalue weighted by Gasteiger charge is -2.38. The van der Waals surface area contributed by atoms with Gasteiger partial charge in [-0.15, -0.1) is 0 Å². The summed E-state index contributed by atoms with van der Waals surface area (Å²) in [5.74, 6) is -7.28. The Morgan fingerprint density at radius 1 is 0.828 bits per heavy atom. The first-order valence-corrected chi connectivity index (χ1v) is 30.5. The predicted molar refractivity (Wildman–Crippen MR) is 329 cm³/mol. The molecule has 4 bridgehead atoms. The van der Waals surface area contributed by atoms with Gasteiger partial charge < -0.3 is 54.7 Å². The molecule has 10 rings (SSSR count). The number of phenols is 2. The number of hydrogen-bond acceptors (Lipinski definition) is 17. The van der Waals surface area contributed by atoms with Crippen LogP contribution in [-0.4, -0.2) is 122 Å². The molecule has 6 aliphatic rings. The summed E-state index contributed by atoms with van der Waals surface area (Å²) in [6.07, 6.45) is 8.49. The number of fused-ring (bicyclic) bond motifs is 2. The van der Waals surface area contributed by atoms with E-state index in [0.717, 1.165) is 50.3 Å². The van der Waals surface area contributed by atoms with Crippen molar-refractivity contribution in [1.82, 2.24) is 4.90 Å². The fraction of sp³-hybridized carbons (Fsp3) is 0.485. The van der Waals surface area contributed by atoms with Crippen LogP contribution in [0.2, 0.25) is 5.02 Å². The number of phenolic OH excluding ortho intramolecular Hbond substituents is 2. The van der Waals surface area contributed by atoms with Crippen molar-refractivity contribution in [3.8, 4) is 17.2 Å². The number of amides is 1. The van der Waals surface area contributed by atoms with Crippen LogP contribution in [-0.2, 0) is 28.6 Å². The number of ether oxygens (including phenoxy) is 4. The van der Waals surface area contributed by atoms with Gasteiger partial charge in [0.05, 0.1) is 41.2 Å². The Morgan fingerprint density at radius 3 is 2.10 bits per heavy atom. The fourth-order valence-electron chi connectivity index (χ4n) is 13.5. The molecule has 4 aromatic carbocycles. The van der Waals surface area contributed by atoms with E-state index in [1.165, 1.54) is 32.8 Å². The van der Waals surface area contributed by atoms with E-state index in [1.54, 1.807) is 90.1 Å². The molecule has 1 saturated carbocycles. The highest BCUT2D eigenvalue weighted by Crippen LogP contribution is 2.52. The van der Waals surface area contributed by atoms with E-state index < -0.39 is 94.5 Å². The number of piperidine rings is 1. The van der Waals surface area contributed by atoms with E-state index in [2.05, 4.69) is 41.2 Å². The van der Waals surface area contributed by atoms with E-state index in [-0.39, 0.29) is 61.4 Å². The number of esters is 1. The lowest BCUT2D eigenvalue weighted by Crippen LogP contribution is -2.47. The quantitative estimate of drug-likeness (QED) is 0.0596. The average Bonchev–Trinajstić information content (AvgIpc) is 1.79. The molecule has 4 heterocycles. The summed E-state index contributed by atoms with van der Waals surface area (Å²) >= 11 is 5.96. The molecule has 1 saturated heterocycles. The lowest BCUT2D eigenvalue weighted by atomic mass is 9.72. The molecule has 6 N–H and O–H groups in total. The monoisotopic (exact) mass is 1210 g/mol. The molecule has 4 aromatic rings. The van der Waals surface area contributed by atoms with Crippen LogP contribution < -0.4 is 20.8 Å². The SMILES string of the molecule is CO[C@H]1/C=C/O[C@@]2(C)Oc3c(C)c(O)c4c(O)c(c5c(c4c3C2=O)NC2(CCN(CC(C)C)CC2)N=5)=NC(=O)/C(C)=C\C=C\[C@H](C)[C@H](O)[C@@H](C)[C@@H](O)[C@@H](C)[C@H](OC(C)=O)[C@@H]1C.O=C1C(=O)c2ccccc2C(O)=C1C1CCC(c2ccc(Cl)cc2)CC1. The number of halogens is 1. The maximum atomic E-state index is 14.7. The van der Waals surface area contributed by atoms with Gasteiger partial charge >= 0.3 is 11.8 Å². The van der Waals surface area contributed by atoms with E-state index in [9.17, 15) is 49.5 Å². The normalized spacial score (nSPS) is 29.8. The third-order valence-corrected chi connectivity index (χ3v) is 18.8. The Balaban J connectivity index is 0.000000286. The Kier molecular flexibility index (Phi) is 19.1.